The molecule has 166 valence electrons. The lowest BCUT2D eigenvalue weighted by atomic mass is 10.0. The summed E-state index contributed by atoms with van der Waals surface area (Å²) in [5.41, 5.74) is 3.12. The van der Waals surface area contributed by atoms with Crippen molar-refractivity contribution < 1.29 is 22.7 Å². The van der Waals surface area contributed by atoms with Gasteiger partial charge in [0, 0.05) is 31.5 Å². The van der Waals surface area contributed by atoms with Gasteiger partial charge in [0.2, 0.25) is 5.91 Å². The van der Waals surface area contributed by atoms with Crippen LogP contribution in [0.3, 0.4) is 0 Å². The Kier molecular flexibility index (Phi) is 6.97. The summed E-state index contributed by atoms with van der Waals surface area (Å²) >= 11 is 0. The molecule has 0 fully saturated rings. The van der Waals surface area contributed by atoms with Crippen molar-refractivity contribution in [3.8, 4) is 0 Å². The second-order valence-corrected chi connectivity index (χ2v) is 9.06. The first-order chi connectivity index (χ1) is 14.7. The molecule has 0 aromatic heterocycles. The number of methoxy groups -OCH3 is 1. The summed E-state index contributed by atoms with van der Waals surface area (Å²) < 4.78 is 33.6. The van der Waals surface area contributed by atoms with Crippen molar-refractivity contribution in [2.24, 2.45) is 0 Å². The second kappa shape index (κ2) is 9.49. The first kappa shape index (κ1) is 22.8. The number of sulfonamides is 1. The molecule has 31 heavy (non-hydrogen) atoms. The Morgan fingerprint density at radius 2 is 1.87 bits per heavy atom. The van der Waals surface area contributed by atoms with E-state index in [2.05, 4.69) is 10.0 Å². The van der Waals surface area contributed by atoms with Gasteiger partial charge in [0.1, 0.15) is 6.61 Å². The van der Waals surface area contributed by atoms with Crippen LogP contribution in [0.15, 0.2) is 41.3 Å². The van der Waals surface area contributed by atoms with E-state index in [1.54, 1.807) is 43.0 Å². The van der Waals surface area contributed by atoms with E-state index in [0.717, 1.165) is 18.4 Å². The topological polar surface area (TPSA) is 105 Å². The molecule has 0 bridgehead atoms. The summed E-state index contributed by atoms with van der Waals surface area (Å²) in [5, 5.41) is 2.72. The van der Waals surface area contributed by atoms with E-state index in [9.17, 15) is 18.0 Å². The van der Waals surface area contributed by atoms with E-state index < -0.39 is 10.0 Å². The fourth-order valence-electron chi connectivity index (χ4n) is 3.59. The van der Waals surface area contributed by atoms with Gasteiger partial charge in [0.25, 0.3) is 15.9 Å². The highest BCUT2D eigenvalue weighted by Crippen LogP contribution is 2.31. The number of anilines is 3. The van der Waals surface area contributed by atoms with Crippen LogP contribution in [0.2, 0.25) is 0 Å². The number of hydrogen-bond acceptors (Lipinski definition) is 5. The van der Waals surface area contributed by atoms with Crippen LogP contribution in [0, 0.1) is 6.92 Å². The lowest BCUT2D eigenvalue weighted by molar-refractivity contribution is -0.122. The number of carbonyl (C=O) groups is 2. The number of fused-ring (bicyclic) bond motifs is 1. The number of rotatable bonds is 7. The van der Waals surface area contributed by atoms with Crippen molar-refractivity contribution in [2.45, 2.75) is 38.0 Å². The maximum absolute atomic E-state index is 13.0. The van der Waals surface area contributed by atoms with Crippen molar-refractivity contribution in [3.63, 3.8) is 0 Å². The quantitative estimate of drug-likeness (QED) is 0.682. The zero-order valence-electron chi connectivity index (χ0n) is 17.9. The molecule has 1 aliphatic rings. The third-order valence-corrected chi connectivity index (χ3v) is 6.64. The number of benzene rings is 2. The van der Waals surface area contributed by atoms with Crippen molar-refractivity contribution in [3.05, 3.63) is 47.5 Å². The van der Waals surface area contributed by atoms with E-state index >= 15 is 0 Å². The monoisotopic (exact) mass is 445 g/mol. The SMILES string of the molecule is CCC(=O)Nc1ccc(S(=O)(=O)Nc2ccc3c(c2)N(C(=O)COC)CCC3)c(C)c1. The minimum absolute atomic E-state index is 0.0322. The molecule has 2 amide bonds. The molecular formula is C22H27N3O5S. The van der Waals surface area contributed by atoms with Crippen LogP contribution >= 0.6 is 0 Å². The summed E-state index contributed by atoms with van der Waals surface area (Å²) in [6.07, 6.45) is 2.00. The first-order valence-corrected chi connectivity index (χ1v) is 11.6. The molecule has 0 radical (unpaired) electrons. The molecular weight excluding hydrogens is 418 g/mol. The zero-order chi connectivity index (χ0) is 22.6. The standard InChI is InChI=1S/C22H27N3O5S/c1-4-21(26)23-17-9-10-20(15(2)12-17)31(28,29)24-18-8-7-16-6-5-11-25(19(16)13-18)22(27)14-30-3/h7-10,12-13,24H,4-6,11,14H2,1-3H3,(H,23,26). The lowest BCUT2D eigenvalue weighted by Crippen LogP contribution is -2.37. The average Bonchev–Trinajstić information content (AvgIpc) is 2.72. The zero-order valence-corrected chi connectivity index (χ0v) is 18.7. The largest absolute Gasteiger partial charge is 0.375 e. The first-order valence-electron chi connectivity index (χ1n) is 10.1. The average molecular weight is 446 g/mol. The van der Waals surface area contributed by atoms with Gasteiger partial charge in [-0.3, -0.25) is 14.3 Å². The van der Waals surface area contributed by atoms with Crippen LogP contribution in [0.5, 0.6) is 0 Å². The highest BCUT2D eigenvalue weighted by atomic mass is 32.2. The van der Waals surface area contributed by atoms with Crippen LogP contribution < -0.4 is 14.9 Å². The summed E-state index contributed by atoms with van der Waals surface area (Å²) in [5.74, 6) is -0.307. The molecule has 1 heterocycles. The molecule has 3 rings (SSSR count). The van der Waals surface area contributed by atoms with E-state index in [4.69, 9.17) is 4.74 Å². The third kappa shape index (κ3) is 5.23. The number of ether oxygens (including phenoxy) is 1. The maximum Gasteiger partial charge on any atom is 0.262 e. The van der Waals surface area contributed by atoms with Crippen molar-refractivity contribution in [2.75, 3.05) is 35.2 Å². The Labute approximate surface area is 182 Å². The predicted molar refractivity (Wildman–Crippen MR) is 120 cm³/mol. The van der Waals surface area contributed by atoms with Crippen LogP contribution in [0.25, 0.3) is 0 Å². The highest BCUT2D eigenvalue weighted by Gasteiger charge is 2.24. The molecule has 0 atom stereocenters. The minimum atomic E-state index is -3.86. The predicted octanol–water partition coefficient (Wildman–Crippen LogP) is 3.07. The summed E-state index contributed by atoms with van der Waals surface area (Å²) in [4.78, 5) is 25.7. The summed E-state index contributed by atoms with van der Waals surface area (Å²) in [7, 11) is -2.39. The third-order valence-electron chi connectivity index (χ3n) is 5.09. The van der Waals surface area contributed by atoms with Gasteiger partial charge in [-0.25, -0.2) is 8.42 Å². The fourth-order valence-corrected chi connectivity index (χ4v) is 4.86. The molecule has 0 saturated heterocycles. The smallest absolute Gasteiger partial charge is 0.262 e. The molecule has 8 nitrogen and oxygen atoms in total. The van der Waals surface area contributed by atoms with E-state index in [-0.39, 0.29) is 23.3 Å². The molecule has 1 aliphatic heterocycles. The molecule has 2 aromatic rings. The number of aryl methyl sites for hydroxylation is 2. The summed E-state index contributed by atoms with van der Waals surface area (Å²) in [6, 6.07) is 9.88. The number of carbonyl (C=O) groups excluding carboxylic acids is 2. The molecule has 2 aromatic carbocycles. The number of amides is 2. The van der Waals surface area contributed by atoms with E-state index in [1.807, 2.05) is 6.07 Å². The number of nitrogens with one attached hydrogen (secondary N) is 2. The fraction of sp³-hybridized carbons (Fsp3) is 0.364. The van der Waals surface area contributed by atoms with Gasteiger partial charge in [0.15, 0.2) is 0 Å². The molecule has 2 N–H and O–H groups in total. The molecule has 9 heteroatoms. The van der Waals surface area contributed by atoms with Crippen LogP contribution in [0.1, 0.15) is 30.9 Å². The van der Waals surface area contributed by atoms with Gasteiger partial charge in [-0.05, 0) is 61.2 Å². The van der Waals surface area contributed by atoms with Crippen molar-refractivity contribution in [1.29, 1.82) is 0 Å². The Morgan fingerprint density at radius 1 is 1.13 bits per heavy atom. The van der Waals surface area contributed by atoms with Crippen molar-refractivity contribution in [1.82, 2.24) is 0 Å². The van der Waals surface area contributed by atoms with Gasteiger partial charge in [-0.15, -0.1) is 0 Å². The van der Waals surface area contributed by atoms with Gasteiger partial charge < -0.3 is 15.0 Å². The van der Waals surface area contributed by atoms with Gasteiger partial charge in [-0.1, -0.05) is 13.0 Å². The Bertz CT molecular complexity index is 1100. The Balaban J connectivity index is 1.86. The Morgan fingerprint density at radius 3 is 2.55 bits per heavy atom. The van der Waals surface area contributed by atoms with Gasteiger partial charge in [-0.2, -0.15) is 0 Å². The second-order valence-electron chi connectivity index (χ2n) is 7.41. The van der Waals surface area contributed by atoms with Crippen LogP contribution in [-0.4, -0.2) is 40.5 Å². The molecule has 0 saturated carbocycles. The number of nitrogens with zero attached hydrogens (tertiary/aromatic N) is 1. The van der Waals surface area contributed by atoms with Gasteiger partial charge >= 0.3 is 0 Å². The minimum Gasteiger partial charge on any atom is -0.375 e. The molecule has 0 aliphatic carbocycles. The Hall–Kier alpha value is -2.91. The van der Waals surface area contributed by atoms with Crippen LogP contribution in [-0.2, 0) is 30.8 Å². The summed E-state index contributed by atoms with van der Waals surface area (Å²) in [6.45, 7) is 3.95. The lowest BCUT2D eigenvalue weighted by Gasteiger charge is -2.30. The van der Waals surface area contributed by atoms with E-state index in [0.29, 0.717) is 35.6 Å². The molecule has 0 spiro atoms. The van der Waals surface area contributed by atoms with Crippen molar-refractivity contribution >= 4 is 38.9 Å². The normalized spacial score (nSPS) is 13.5. The maximum atomic E-state index is 13.0. The molecule has 0 unspecified atom stereocenters. The highest BCUT2D eigenvalue weighted by molar-refractivity contribution is 7.92. The van der Waals surface area contributed by atoms with Crippen LogP contribution in [0.4, 0.5) is 17.1 Å². The number of hydrogen-bond donors (Lipinski definition) is 2. The van der Waals surface area contributed by atoms with Gasteiger partial charge in [0.05, 0.1) is 10.6 Å². The van der Waals surface area contributed by atoms with E-state index in [1.165, 1.54) is 13.2 Å².